The summed E-state index contributed by atoms with van der Waals surface area (Å²) >= 11 is 0. The summed E-state index contributed by atoms with van der Waals surface area (Å²) in [5, 5.41) is 5.58. The second kappa shape index (κ2) is 5.47. The third-order valence-electron chi connectivity index (χ3n) is 0.346. The summed E-state index contributed by atoms with van der Waals surface area (Å²) in [5.41, 5.74) is 0. The van der Waals surface area contributed by atoms with Crippen molar-refractivity contribution in [1.29, 1.82) is 0 Å². The van der Waals surface area contributed by atoms with E-state index in [-0.39, 0.29) is 7.43 Å². The zero-order chi connectivity index (χ0) is 4.99. The van der Waals surface area contributed by atoms with Gasteiger partial charge in [0.25, 0.3) is 0 Å². The maximum absolute atomic E-state index is 3.83. The van der Waals surface area contributed by atoms with E-state index in [4.69, 9.17) is 0 Å². The van der Waals surface area contributed by atoms with Crippen LogP contribution in [0.15, 0.2) is 5.10 Å². The van der Waals surface area contributed by atoms with Gasteiger partial charge in [-0.05, 0) is 6.92 Å². The van der Waals surface area contributed by atoms with Crippen LogP contribution >= 0.6 is 0 Å². The van der Waals surface area contributed by atoms with Crippen molar-refractivity contribution in [3.63, 3.8) is 0 Å². The third kappa shape index (κ3) is 10.8. The van der Waals surface area contributed by atoms with Crippen molar-refractivity contribution in [3.05, 3.63) is 0 Å². The first-order valence-electron chi connectivity index (χ1n) is 1.93. The summed E-state index contributed by atoms with van der Waals surface area (Å²) in [7, 11) is 3.78. The Morgan fingerprint density at radius 2 is 1.86 bits per heavy atom. The lowest BCUT2D eigenvalue weighted by Crippen LogP contribution is -2.00. The quantitative estimate of drug-likeness (QED) is 0.358. The molecule has 0 rings (SSSR count). The van der Waals surface area contributed by atoms with Crippen LogP contribution in [0.3, 0.4) is 0 Å². The Bertz CT molecular complexity index is 48.0. The van der Waals surface area contributed by atoms with E-state index in [2.05, 4.69) is 5.10 Å². The molecule has 0 aliphatic rings. The van der Waals surface area contributed by atoms with Gasteiger partial charge in [0.05, 0.1) is 0 Å². The summed E-state index contributed by atoms with van der Waals surface area (Å²) in [5.74, 6) is 0. The van der Waals surface area contributed by atoms with Crippen LogP contribution in [0.1, 0.15) is 14.4 Å². The van der Waals surface area contributed by atoms with Gasteiger partial charge in [-0.15, -0.1) is 0 Å². The van der Waals surface area contributed by atoms with Gasteiger partial charge in [-0.25, -0.2) is 0 Å². The predicted octanol–water partition coefficient (Wildman–Crippen LogP) is 1.19. The molecule has 0 unspecified atom stereocenters. The number of hydrogen-bond acceptors (Lipinski definition) is 2. The first kappa shape index (κ1) is 9.69. The topological polar surface area (TPSA) is 15.6 Å². The fourth-order valence-electron chi connectivity index (χ4n) is 0.231. The largest absolute Gasteiger partial charge is 0.304 e. The molecule has 0 fully saturated rings. The van der Waals surface area contributed by atoms with Gasteiger partial charge in [-0.1, -0.05) is 7.43 Å². The van der Waals surface area contributed by atoms with E-state index in [1.165, 1.54) is 0 Å². The first-order valence-corrected chi connectivity index (χ1v) is 1.93. The van der Waals surface area contributed by atoms with Gasteiger partial charge in [-0.3, -0.25) is 0 Å². The Hall–Kier alpha value is -0.530. The van der Waals surface area contributed by atoms with Crippen LogP contribution in [0, 0.1) is 0 Å². The summed E-state index contributed by atoms with van der Waals surface area (Å²) in [6.07, 6.45) is 1.75. The highest BCUT2D eigenvalue weighted by Gasteiger charge is 1.66. The minimum Gasteiger partial charge on any atom is -0.304 e. The van der Waals surface area contributed by atoms with Gasteiger partial charge < -0.3 is 5.01 Å². The zero-order valence-electron chi connectivity index (χ0n) is 4.47. The maximum Gasteiger partial charge on any atom is 0.0244 e. The molecule has 0 aromatic carbocycles. The van der Waals surface area contributed by atoms with Crippen LogP contribution < -0.4 is 0 Å². The van der Waals surface area contributed by atoms with E-state index < -0.39 is 0 Å². The van der Waals surface area contributed by atoms with Crippen molar-refractivity contribution in [2.45, 2.75) is 14.4 Å². The van der Waals surface area contributed by atoms with Crippen LogP contribution in [0.4, 0.5) is 0 Å². The smallest absolute Gasteiger partial charge is 0.0244 e. The van der Waals surface area contributed by atoms with Crippen molar-refractivity contribution < 1.29 is 0 Å². The van der Waals surface area contributed by atoms with E-state index >= 15 is 0 Å². The molecule has 0 amide bonds. The van der Waals surface area contributed by atoms with E-state index in [1.54, 1.807) is 11.2 Å². The fraction of sp³-hybridized carbons (Fsp3) is 0.800. The van der Waals surface area contributed by atoms with Crippen LogP contribution in [0.5, 0.6) is 0 Å². The van der Waals surface area contributed by atoms with Gasteiger partial charge in [0, 0.05) is 20.3 Å². The highest BCUT2D eigenvalue weighted by Crippen LogP contribution is 1.67. The number of nitrogens with zero attached hydrogens (tertiary/aromatic N) is 2. The lowest BCUT2D eigenvalue weighted by Gasteiger charge is -1.98. The molecule has 2 heteroatoms. The molecule has 2 nitrogen and oxygen atoms in total. The highest BCUT2D eigenvalue weighted by molar-refractivity contribution is 5.52. The molecular weight excluding hydrogens is 88.1 g/mol. The second-order valence-corrected chi connectivity index (χ2v) is 1.22. The van der Waals surface area contributed by atoms with Crippen LogP contribution in [-0.4, -0.2) is 25.3 Å². The first-order chi connectivity index (χ1) is 2.77. The molecular formula is C5H14N2. The molecule has 0 N–H and O–H groups in total. The normalized spacial score (nSPS) is 8.43. The molecule has 0 radical (unpaired) electrons. The third-order valence-corrected chi connectivity index (χ3v) is 0.346. The van der Waals surface area contributed by atoms with Gasteiger partial charge in [-0.2, -0.15) is 5.10 Å². The van der Waals surface area contributed by atoms with Gasteiger partial charge in [0.15, 0.2) is 0 Å². The molecule has 7 heavy (non-hydrogen) atoms. The summed E-state index contributed by atoms with van der Waals surface area (Å²) < 4.78 is 0. The molecule has 44 valence electrons. The minimum absolute atomic E-state index is 0. The van der Waals surface area contributed by atoms with E-state index in [0.717, 1.165) is 0 Å². The molecule has 0 heterocycles. The number of hydrazone groups is 1. The van der Waals surface area contributed by atoms with E-state index in [0.29, 0.717) is 0 Å². The van der Waals surface area contributed by atoms with Crippen LogP contribution in [0.25, 0.3) is 0 Å². The Kier molecular flexibility index (Phi) is 7.57. The van der Waals surface area contributed by atoms with Crippen molar-refractivity contribution in [2.75, 3.05) is 14.1 Å². The van der Waals surface area contributed by atoms with Crippen molar-refractivity contribution in [2.24, 2.45) is 5.10 Å². The maximum atomic E-state index is 3.83. The average molecular weight is 102 g/mol. The Morgan fingerprint density at radius 1 is 1.43 bits per heavy atom. The zero-order valence-corrected chi connectivity index (χ0v) is 4.47. The van der Waals surface area contributed by atoms with E-state index in [1.807, 2.05) is 21.0 Å². The summed E-state index contributed by atoms with van der Waals surface area (Å²) in [6.45, 7) is 1.89. The van der Waals surface area contributed by atoms with Gasteiger partial charge >= 0.3 is 0 Å². The second-order valence-electron chi connectivity index (χ2n) is 1.22. The lowest BCUT2D eigenvalue weighted by molar-refractivity contribution is 0.440. The molecule has 0 aromatic rings. The monoisotopic (exact) mass is 102 g/mol. The molecule has 0 aliphatic heterocycles. The van der Waals surface area contributed by atoms with Crippen molar-refractivity contribution >= 4 is 6.21 Å². The van der Waals surface area contributed by atoms with Crippen molar-refractivity contribution in [3.8, 4) is 0 Å². The molecule has 0 saturated heterocycles. The molecule has 0 aromatic heterocycles. The van der Waals surface area contributed by atoms with Gasteiger partial charge in [0.1, 0.15) is 0 Å². The van der Waals surface area contributed by atoms with Gasteiger partial charge in [0.2, 0.25) is 0 Å². The number of rotatable bonds is 1. The summed E-state index contributed by atoms with van der Waals surface area (Å²) in [4.78, 5) is 0. The van der Waals surface area contributed by atoms with Crippen LogP contribution in [-0.2, 0) is 0 Å². The standard InChI is InChI=1S/C4H10N2.CH4/c1-4-5-6(2)3;/h4H,1-3H3;1H4/b5-4+;. The number of hydrogen-bond donors (Lipinski definition) is 0. The highest BCUT2D eigenvalue weighted by atomic mass is 15.4. The average Bonchev–Trinajstić information content (AvgIpc) is 1.35. The molecule has 0 aliphatic carbocycles. The van der Waals surface area contributed by atoms with E-state index in [9.17, 15) is 0 Å². The summed E-state index contributed by atoms with van der Waals surface area (Å²) in [6, 6.07) is 0. The van der Waals surface area contributed by atoms with Crippen molar-refractivity contribution in [1.82, 2.24) is 5.01 Å². The Balaban J connectivity index is 0. The Morgan fingerprint density at radius 3 is 1.86 bits per heavy atom. The predicted molar refractivity (Wildman–Crippen MR) is 34.6 cm³/mol. The minimum atomic E-state index is 0. The van der Waals surface area contributed by atoms with Crippen LogP contribution in [0.2, 0.25) is 0 Å². The Labute approximate surface area is 45.8 Å². The molecule has 0 bridgehead atoms. The molecule has 0 atom stereocenters. The molecule has 0 spiro atoms. The molecule has 0 saturated carbocycles. The lowest BCUT2D eigenvalue weighted by atomic mass is 10.9. The fourth-order valence-corrected chi connectivity index (χ4v) is 0.231. The SMILES string of the molecule is C.C/C=N/N(C)C.